The summed E-state index contributed by atoms with van der Waals surface area (Å²) < 4.78 is 25.8. The molecule has 6 nitrogen and oxygen atoms in total. The largest absolute Gasteiger partial charge is 0.593 e. The highest BCUT2D eigenvalue weighted by atomic mass is 32.2. The van der Waals surface area contributed by atoms with Gasteiger partial charge < -0.3 is 13.8 Å². The topological polar surface area (TPSA) is 87.4 Å². The van der Waals surface area contributed by atoms with E-state index in [1.54, 1.807) is 0 Å². The van der Waals surface area contributed by atoms with Crippen LogP contribution >= 0.6 is 0 Å². The van der Waals surface area contributed by atoms with Gasteiger partial charge in [0.15, 0.2) is 5.76 Å². The molecule has 2 atom stereocenters. The molecular formula is C31H32N2O4S. The van der Waals surface area contributed by atoms with Gasteiger partial charge in [-0.15, -0.1) is 0 Å². The molecule has 0 radical (unpaired) electrons. The number of carbonyl (C=O) groups is 1. The van der Waals surface area contributed by atoms with Gasteiger partial charge in [-0.05, 0) is 48.9 Å². The minimum Gasteiger partial charge on any atom is -0.593 e. The summed E-state index contributed by atoms with van der Waals surface area (Å²) in [5.41, 5.74) is 6.62. The summed E-state index contributed by atoms with van der Waals surface area (Å²) in [5.74, 6) is 0.615. The Bertz CT molecular complexity index is 1380. The average Bonchev–Trinajstić information content (AvgIpc) is 3.67. The maximum Gasteiger partial charge on any atom is 0.271 e. The van der Waals surface area contributed by atoms with Crippen LogP contribution in [-0.2, 0) is 32.7 Å². The first-order valence-corrected chi connectivity index (χ1v) is 14.4. The van der Waals surface area contributed by atoms with Crippen LogP contribution in [0.5, 0.6) is 0 Å². The van der Waals surface area contributed by atoms with Crippen molar-refractivity contribution in [2.45, 2.75) is 44.6 Å². The van der Waals surface area contributed by atoms with Crippen molar-refractivity contribution in [1.82, 2.24) is 9.88 Å². The van der Waals surface area contributed by atoms with E-state index in [0.717, 1.165) is 57.7 Å². The van der Waals surface area contributed by atoms with E-state index < -0.39 is 16.8 Å². The number of ether oxygens (including phenoxy) is 1. The summed E-state index contributed by atoms with van der Waals surface area (Å²) in [5, 5.41) is 4.22. The Morgan fingerprint density at radius 1 is 1.03 bits per heavy atom. The molecule has 0 saturated heterocycles. The monoisotopic (exact) mass is 528 g/mol. The number of aryl methyl sites for hydroxylation is 1. The van der Waals surface area contributed by atoms with Crippen molar-refractivity contribution in [2.75, 3.05) is 12.9 Å². The molecule has 1 aromatic heterocycles. The molecule has 196 valence electrons. The van der Waals surface area contributed by atoms with E-state index in [4.69, 9.17) is 9.26 Å². The summed E-state index contributed by atoms with van der Waals surface area (Å²) in [4.78, 5) is 12.5. The Morgan fingerprint density at radius 2 is 1.63 bits per heavy atom. The van der Waals surface area contributed by atoms with Gasteiger partial charge in [-0.1, -0.05) is 84.0 Å². The zero-order valence-corrected chi connectivity index (χ0v) is 22.7. The molecule has 2 unspecified atom stereocenters. The molecule has 1 heterocycles. The summed E-state index contributed by atoms with van der Waals surface area (Å²) in [7, 11) is 0. The molecule has 7 heteroatoms. The van der Waals surface area contributed by atoms with E-state index in [1.807, 2.05) is 61.5 Å². The number of carbonyl (C=O) groups excluding carboxylic acids is 1. The van der Waals surface area contributed by atoms with E-state index in [1.165, 1.54) is 6.26 Å². The van der Waals surface area contributed by atoms with E-state index in [9.17, 15) is 9.35 Å². The third-order valence-electron chi connectivity index (χ3n) is 7.31. The Morgan fingerprint density at radius 3 is 2.24 bits per heavy atom. The second kappa shape index (κ2) is 11.2. The lowest BCUT2D eigenvalue weighted by atomic mass is 9.93. The first-order chi connectivity index (χ1) is 18.4. The number of nitrogens with one attached hydrogen (secondary N) is 1. The number of rotatable bonds is 10. The molecule has 1 N–H and O–H groups in total. The minimum atomic E-state index is -1.36. The molecule has 3 aromatic carbocycles. The first kappa shape index (κ1) is 26.2. The maximum absolute atomic E-state index is 12.5. The summed E-state index contributed by atoms with van der Waals surface area (Å²) >= 11 is -1.36. The number of hydrogen-bond acceptors (Lipinski definition) is 5. The van der Waals surface area contributed by atoms with Crippen LogP contribution in [0.1, 0.15) is 48.3 Å². The van der Waals surface area contributed by atoms with Crippen molar-refractivity contribution in [3.05, 3.63) is 101 Å². The predicted octanol–water partition coefficient (Wildman–Crippen LogP) is 6.08. The smallest absolute Gasteiger partial charge is 0.271 e. The molecule has 1 amide bonds. The van der Waals surface area contributed by atoms with Crippen LogP contribution in [0.25, 0.3) is 22.5 Å². The lowest BCUT2D eigenvalue weighted by molar-refractivity contribution is -0.121. The number of amides is 1. The van der Waals surface area contributed by atoms with Crippen LogP contribution in [-0.4, -0.2) is 28.5 Å². The Balaban J connectivity index is 1.25. The van der Waals surface area contributed by atoms with Crippen LogP contribution in [0, 0.1) is 6.92 Å². The molecular weight excluding hydrogens is 496 g/mol. The van der Waals surface area contributed by atoms with Crippen molar-refractivity contribution in [1.29, 1.82) is 0 Å². The van der Waals surface area contributed by atoms with Gasteiger partial charge in [-0.2, -0.15) is 4.72 Å². The molecule has 1 fully saturated rings. The number of nitrogens with zero attached hydrogens (tertiary/aromatic N) is 1. The van der Waals surface area contributed by atoms with Crippen LogP contribution < -0.4 is 4.72 Å². The highest BCUT2D eigenvalue weighted by molar-refractivity contribution is 7.89. The van der Waals surface area contributed by atoms with Gasteiger partial charge in [0.25, 0.3) is 5.91 Å². The van der Waals surface area contributed by atoms with Gasteiger partial charge in [-0.3, -0.25) is 4.79 Å². The fraction of sp³-hybridized carbons (Fsp3) is 0.290. The molecule has 1 aliphatic carbocycles. The number of benzene rings is 3. The van der Waals surface area contributed by atoms with Gasteiger partial charge >= 0.3 is 0 Å². The van der Waals surface area contributed by atoms with Gasteiger partial charge in [0.2, 0.25) is 0 Å². The molecule has 4 aromatic rings. The molecule has 38 heavy (non-hydrogen) atoms. The fourth-order valence-electron chi connectivity index (χ4n) is 4.86. The van der Waals surface area contributed by atoms with Crippen LogP contribution in [0.2, 0.25) is 0 Å². The summed E-state index contributed by atoms with van der Waals surface area (Å²) in [6.07, 6.45) is 3.76. The van der Waals surface area contributed by atoms with Crippen LogP contribution in [0.3, 0.4) is 0 Å². The highest BCUT2D eigenvalue weighted by Gasteiger charge is 2.52. The van der Waals surface area contributed by atoms with Crippen LogP contribution in [0.15, 0.2) is 83.4 Å². The molecule has 0 spiro atoms. The van der Waals surface area contributed by atoms with Gasteiger partial charge in [-0.25, -0.2) is 0 Å². The zero-order chi connectivity index (χ0) is 26.7. The molecule has 1 aliphatic rings. The Hall–Kier alpha value is -3.39. The zero-order valence-electron chi connectivity index (χ0n) is 21.9. The number of aromatic nitrogens is 1. The van der Waals surface area contributed by atoms with E-state index in [2.05, 4.69) is 41.1 Å². The second-order valence-electron chi connectivity index (χ2n) is 9.87. The lowest BCUT2D eigenvalue weighted by Crippen LogP contribution is -2.38. The standard InChI is InChI=1S/C31H32N2O4S/c1-21-28(17-20-36-22(2)23-7-5-4-6-8-23)29(37-32-21)26-11-9-24(10-12-26)25-13-15-27(16-14-25)31(18-19-31)30(34)33-38(3)35/h4-16,22H,17-20H2,1-3H3,(H,33,34). The van der Waals surface area contributed by atoms with E-state index >= 15 is 0 Å². The Labute approximate surface area is 226 Å². The SMILES string of the molecule is Cc1noc(-c2ccc(-c3ccc(C4(C(=O)N[S+](C)[O-])CC4)cc3)cc2)c1CCOC(C)c1ccccc1. The van der Waals surface area contributed by atoms with E-state index in [-0.39, 0.29) is 12.0 Å². The van der Waals surface area contributed by atoms with Crippen molar-refractivity contribution in [3.63, 3.8) is 0 Å². The molecule has 1 saturated carbocycles. The van der Waals surface area contributed by atoms with Crippen molar-refractivity contribution < 1.29 is 18.6 Å². The molecule has 0 bridgehead atoms. The second-order valence-corrected chi connectivity index (χ2v) is 11.0. The first-order valence-electron chi connectivity index (χ1n) is 12.8. The van der Waals surface area contributed by atoms with Gasteiger partial charge in [0.1, 0.15) is 6.26 Å². The van der Waals surface area contributed by atoms with Crippen molar-refractivity contribution in [2.24, 2.45) is 0 Å². The van der Waals surface area contributed by atoms with Crippen molar-refractivity contribution in [3.8, 4) is 22.5 Å². The third-order valence-corrected chi connectivity index (χ3v) is 7.79. The van der Waals surface area contributed by atoms with Gasteiger partial charge in [0, 0.05) is 17.5 Å². The van der Waals surface area contributed by atoms with Crippen LogP contribution in [0.4, 0.5) is 0 Å². The lowest BCUT2D eigenvalue weighted by Gasteiger charge is -2.16. The van der Waals surface area contributed by atoms with Crippen molar-refractivity contribution >= 4 is 17.3 Å². The summed E-state index contributed by atoms with van der Waals surface area (Å²) in [6, 6.07) is 26.5. The molecule has 0 aliphatic heterocycles. The van der Waals surface area contributed by atoms with E-state index in [0.29, 0.717) is 13.0 Å². The number of hydrogen-bond donors (Lipinski definition) is 1. The average molecular weight is 529 g/mol. The Kier molecular flexibility index (Phi) is 7.70. The normalized spacial score (nSPS) is 15.6. The maximum atomic E-state index is 12.5. The van der Waals surface area contributed by atoms with Gasteiger partial charge in [0.05, 0.1) is 35.2 Å². The summed E-state index contributed by atoms with van der Waals surface area (Å²) in [6.45, 7) is 4.60. The molecule has 5 rings (SSSR count). The fourth-order valence-corrected chi connectivity index (χ4v) is 5.32. The minimum absolute atomic E-state index is 0.0188. The predicted molar refractivity (Wildman–Crippen MR) is 150 cm³/mol. The third kappa shape index (κ3) is 5.55. The quantitative estimate of drug-likeness (QED) is 0.252. The highest BCUT2D eigenvalue weighted by Crippen LogP contribution is 2.48.